The van der Waals surface area contributed by atoms with E-state index in [1.54, 1.807) is 22.7 Å². The number of nitrogens with zero attached hydrogens (tertiary/aromatic N) is 1. The van der Waals surface area contributed by atoms with Gasteiger partial charge in [-0.3, -0.25) is 0 Å². The first-order valence-electron chi connectivity index (χ1n) is 6.46. The SMILES string of the molecule is N#CCCCc1cc(-c2cccs2)oc1-c1cccs1. The van der Waals surface area contributed by atoms with Gasteiger partial charge in [0.1, 0.15) is 11.5 Å². The molecule has 0 saturated carbocycles. The molecule has 0 saturated heterocycles. The molecule has 3 heterocycles. The van der Waals surface area contributed by atoms with Crippen LogP contribution < -0.4 is 0 Å². The Morgan fingerprint density at radius 1 is 1.10 bits per heavy atom. The van der Waals surface area contributed by atoms with E-state index in [0.29, 0.717) is 6.42 Å². The zero-order valence-corrected chi connectivity index (χ0v) is 12.5. The molecular formula is C16H13NOS2. The quantitative estimate of drug-likeness (QED) is 0.576. The van der Waals surface area contributed by atoms with Crippen LogP contribution >= 0.6 is 22.7 Å². The molecule has 0 radical (unpaired) electrons. The summed E-state index contributed by atoms with van der Waals surface area (Å²) in [7, 11) is 0. The van der Waals surface area contributed by atoms with Gasteiger partial charge in [-0.25, -0.2) is 0 Å². The number of furan rings is 1. The fraction of sp³-hybridized carbons (Fsp3) is 0.188. The summed E-state index contributed by atoms with van der Waals surface area (Å²) < 4.78 is 6.07. The second-order valence-corrected chi connectivity index (χ2v) is 6.33. The molecule has 3 aromatic heterocycles. The van der Waals surface area contributed by atoms with Crippen molar-refractivity contribution in [3.63, 3.8) is 0 Å². The minimum Gasteiger partial charge on any atom is -0.454 e. The zero-order valence-electron chi connectivity index (χ0n) is 10.8. The summed E-state index contributed by atoms with van der Waals surface area (Å²) in [4.78, 5) is 2.30. The monoisotopic (exact) mass is 299 g/mol. The average molecular weight is 299 g/mol. The number of hydrogen-bond donors (Lipinski definition) is 0. The van der Waals surface area contributed by atoms with Crippen LogP contribution in [0.2, 0.25) is 0 Å². The molecule has 0 N–H and O–H groups in total. The number of unbranched alkanes of at least 4 members (excludes halogenated alkanes) is 1. The van der Waals surface area contributed by atoms with Crippen LogP contribution in [0.5, 0.6) is 0 Å². The summed E-state index contributed by atoms with van der Waals surface area (Å²) in [5.74, 6) is 1.89. The number of aryl methyl sites for hydroxylation is 1. The number of nitriles is 1. The van der Waals surface area contributed by atoms with Crippen LogP contribution in [0.3, 0.4) is 0 Å². The third-order valence-electron chi connectivity index (χ3n) is 3.05. The summed E-state index contributed by atoms with van der Waals surface area (Å²) in [5, 5.41) is 12.8. The number of hydrogen-bond acceptors (Lipinski definition) is 4. The average Bonchev–Trinajstić information content (AvgIpc) is 3.20. The Labute approximate surface area is 125 Å². The Balaban J connectivity index is 1.96. The molecule has 0 spiro atoms. The van der Waals surface area contributed by atoms with Gasteiger partial charge in [0, 0.05) is 12.0 Å². The highest BCUT2D eigenvalue weighted by Crippen LogP contribution is 2.37. The summed E-state index contributed by atoms with van der Waals surface area (Å²) in [6.07, 6.45) is 2.34. The minimum atomic E-state index is 0.587. The number of rotatable bonds is 5. The zero-order chi connectivity index (χ0) is 13.8. The molecule has 0 aliphatic heterocycles. The molecule has 4 heteroatoms. The molecule has 0 aromatic carbocycles. The van der Waals surface area contributed by atoms with Crippen molar-refractivity contribution < 1.29 is 4.42 Å². The fourth-order valence-electron chi connectivity index (χ4n) is 2.13. The third-order valence-corrected chi connectivity index (χ3v) is 4.81. The van der Waals surface area contributed by atoms with Crippen molar-refractivity contribution in [1.82, 2.24) is 0 Å². The van der Waals surface area contributed by atoms with Crippen molar-refractivity contribution in [2.24, 2.45) is 0 Å². The second kappa shape index (κ2) is 6.08. The topological polar surface area (TPSA) is 36.9 Å². The van der Waals surface area contributed by atoms with Crippen LogP contribution in [0.1, 0.15) is 18.4 Å². The molecule has 3 rings (SSSR count). The lowest BCUT2D eigenvalue weighted by Crippen LogP contribution is -1.84. The van der Waals surface area contributed by atoms with E-state index in [1.165, 1.54) is 5.56 Å². The smallest absolute Gasteiger partial charge is 0.147 e. The second-order valence-electron chi connectivity index (χ2n) is 4.43. The van der Waals surface area contributed by atoms with Gasteiger partial charge in [0.15, 0.2) is 0 Å². The van der Waals surface area contributed by atoms with E-state index in [-0.39, 0.29) is 0 Å². The van der Waals surface area contributed by atoms with Crippen LogP contribution in [0.25, 0.3) is 21.3 Å². The van der Waals surface area contributed by atoms with Gasteiger partial charge in [-0.2, -0.15) is 5.26 Å². The van der Waals surface area contributed by atoms with Gasteiger partial charge >= 0.3 is 0 Å². The highest BCUT2D eigenvalue weighted by atomic mass is 32.1. The highest BCUT2D eigenvalue weighted by molar-refractivity contribution is 7.13. The van der Waals surface area contributed by atoms with Gasteiger partial charge in [-0.1, -0.05) is 12.1 Å². The van der Waals surface area contributed by atoms with E-state index in [0.717, 1.165) is 34.1 Å². The summed E-state index contributed by atoms with van der Waals surface area (Å²) in [6, 6.07) is 12.5. The van der Waals surface area contributed by atoms with Crippen molar-refractivity contribution in [3.05, 3.63) is 46.7 Å². The summed E-state index contributed by atoms with van der Waals surface area (Å²) >= 11 is 3.37. The molecule has 2 nitrogen and oxygen atoms in total. The first-order valence-corrected chi connectivity index (χ1v) is 8.22. The Kier molecular flexibility index (Phi) is 4.00. The maximum Gasteiger partial charge on any atom is 0.147 e. The standard InChI is InChI=1S/C16H13NOS2/c17-8-2-1-5-12-11-13(14-6-3-9-19-14)18-16(12)15-7-4-10-20-15/h3-4,6-7,9-11H,1-2,5H2. The maximum absolute atomic E-state index is 8.68. The number of thiophene rings is 2. The van der Waals surface area contributed by atoms with Gasteiger partial charge in [-0.05, 0) is 41.8 Å². The molecule has 0 atom stereocenters. The van der Waals surface area contributed by atoms with Crippen molar-refractivity contribution in [3.8, 4) is 27.3 Å². The summed E-state index contributed by atoms with van der Waals surface area (Å²) in [6.45, 7) is 0. The van der Waals surface area contributed by atoms with Crippen molar-refractivity contribution in [2.45, 2.75) is 19.3 Å². The van der Waals surface area contributed by atoms with Crippen molar-refractivity contribution >= 4 is 22.7 Å². The van der Waals surface area contributed by atoms with Crippen LogP contribution in [0.15, 0.2) is 45.5 Å². The Bertz CT molecular complexity index is 702. The Morgan fingerprint density at radius 3 is 2.50 bits per heavy atom. The van der Waals surface area contributed by atoms with Gasteiger partial charge in [-0.15, -0.1) is 22.7 Å². The lowest BCUT2D eigenvalue weighted by molar-refractivity contribution is 0.596. The third kappa shape index (κ3) is 2.69. The molecule has 0 aliphatic rings. The predicted octanol–water partition coefficient (Wildman–Crippen LogP) is 5.58. The molecule has 3 aromatic rings. The Hall–Kier alpha value is -1.83. The predicted molar refractivity (Wildman–Crippen MR) is 83.9 cm³/mol. The van der Waals surface area contributed by atoms with Gasteiger partial charge < -0.3 is 4.42 Å². The van der Waals surface area contributed by atoms with E-state index >= 15 is 0 Å². The first-order chi connectivity index (χ1) is 9.88. The van der Waals surface area contributed by atoms with E-state index in [9.17, 15) is 0 Å². The normalized spacial score (nSPS) is 10.6. The molecule has 0 bridgehead atoms. The van der Waals surface area contributed by atoms with E-state index < -0.39 is 0 Å². The van der Waals surface area contributed by atoms with E-state index in [2.05, 4.69) is 35.0 Å². The maximum atomic E-state index is 8.68. The Morgan fingerprint density at radius 2 is 1.85 bits per heavy atom. The van der Waals surface area contributed by atoms with E-state index in [4.69, 9.17) is 9.68 Å². The first kappa shape index (κ1) is 13.2. The van der Waals surface area contributed by atoms with Crippen molar-refractivity contribution in [1.29, 1.82) is 5.26 Å². The van der Waals surface area contributed by atoms with Gasteiger partial charge in [0.05, 0.1) is 15.8 Å². The lowest BCUT2D eigenvalue weighted by Gasteiger charge is -1.98. The van der Waals surface area contributed by atoms with Gasteiger partial charge in [0.2, 0.25) is 0 Å². The van der Waals surface area contributed by atoms with Crippen LogP contribution in [0.4, 0.5) is 0 Å². The fourth-order valence-corrected chi connectivity index (χ4v) is 3.55. The van der Waals surface area contributed by atoms with Crippen LogP contribution in [-0.4, -0.2) is 0 Å². The van der Waals surface area contributed by atoms with E-state index in [1.807, 2.05) is 12.1 Å². The molecular weight excluding hydrogens is 286 g/mol. The van der Waals surface area contributed by atoms with Crippen LogP contribution in [0, 0.1) is 11.3 Å². The molecule has 0 amide bonds. The molecule has 0 aliphatic carbocycles. The van der Waals surface area contributed by atoms with Crippen molar-refractivity contribution in [2.75, 3.05) is 0 Å². The molecule has 0 fully saturated rings. The lowest BCUT2D eigenvalue weighted by atomic mass is 10.1. The minimum absolute atomic E-state index is 0.587. The largest absolute Gasteiger partial charge is 0.454 e. The van der Waals surface area contributed by atoms with Gasteiger partial charge in [0.25, 0.3) is 0 Å². The molecule has 100 valence electrons. The van der Waals surface area contributed by atoms with Crippen LogP contribution in [-0.2, 0) is 6.42 Å². The molecule has 0 unspecified atom stereocenters. The highest BCUT2D eigenvalue weighted by Gasteiger charge is 2.15. The summed E-state index contributed by atoms with van der Waals surface area (Å²) in [5.41, 5.74) is 1.20. The molecule has 20 heavy (non-hydrogen) atoms.